The van der Waals surface area contributed by atoms with Gasteiger partial charge in [0.25, 0.3) is 11.8 Å². The third-order valence-corrected chi connectivity index (χ3v) is 7.10. The Balaban J connectivity index is 1.38. The molecule has 2 aliphatic rings. The van der Waals surface area contributed by atoms with Gasteiger partial charge in [-0.2, -0.15) is 0 Å². The van der Waals surface area contributed by atoms with Crippen LogP contribution in [0.15, 0.2) is 36.5 Å². The Hall–Kier alpha value is -2.51. The van der Waals surface area contributed by atoms with E-state index in [0.717, 1.165) is 31.5 Å². The fraction of sp³-hybridized carbons (Fsp3) is 0.500. The molecule has 0 saturated carbocycles. The van der Waals surface area contributed by atoms with Crippen molar-refractivity contribution in [3.8, 4) is 5.75 Å². The lowest BCUT2D eigenvalue weighted by atomic mass is 9.96. The Morgan fingerprint density at radius 1 is 1.11 bits per heavy atom. The molecule has 1 aromatic heterocycles. The highest BCUT2D eigenvalue weighted by Crippen LogP contribution is 2.39. The number of nitrogens with one attached hydrogen (secondary N) is 2. The van der Waals surface area contributed by atoms with Gasteiger partial charge in [0.05, 0.1) is 10.6 Å². The molecule has 0 spiro atoms. The number of rotatable bonds is 7. The van der Waals surface area contributed by atoms with Crippen LogP contribution in [0.2, 0.25) is 10.0 Å². The Morgan fingerprint density at radius 2 is 1.80 bits per heavy atom. The number of nitrogens with zero attached hydrogens (tertiary/aromatic N) is 2. The van der Waals surface area contributed by atoms with Crippen LogP contribution < -0.4 is 20.3 Å². The standard InChI is InChI=1S/C26H32Cl2N4O3/c1-15(2)30-24(33)16-5-10-23(29-14-16)32-19-7-8-20(32)13-18(12-19)31-25(34)26(3,4)35-22-9-6-17(27)11-21(22)28/h5-6,9-11,14-15,18-20H,7-8,12-13H2,1-4H3,(H,30,33)(H,31,34)/t18?,19-,20+. The molecular weight excluding hydrogens is 487 g/mol. The molecule has 4 rings (SSSR count). The summed E-state index contributed by atoms with van der Waals surface area (Å²) in [5.41, 5.74) is -0.540. The number of anilines is 1. The van der Waals surface area contributed by atoms with Crippen LogP contribution in [0.25, 0.3) is 0 Å². The largest absolute Gasteiger partial charge is 0.476 e. The minimum absolute atomic E-state index is 0.0518. The lowest BCUT2D eigenvalue weighted by molar-refractivity contribution is -0.135. The molecule has 2 bridgehead atoms. The molecule has 3 atom stereocenters. The summed E-state index contributed by atoms with van der Waals surface area (Å²) in [6.07, 6.45) is 5.40. The highest BCUT2D eigenvalue weighted by Gasteiger charge is 2.43. The van der Waals surface area contributed by atoms with Crippen LogP contribution in [-0.2, 0) is 4.79 Å². The molecule has 9 heteroatoms. The minimum Gasteiger partial charge on any atom is -0.476 e. The summed E-state index contributed by atoms with van der Waals surface area (Å²) < 4.78 is 5.95. The zero-order chi connectivity index (χ0) is 25.3. The Labute approximate surface area is 216 Å². The molecule has 0 radical (unpaired) electrons. The first kappa shape index (κ1) is 25.6. The number of ether oxygens (including phenoxy) is 1. The zero-order valence-corrected chi connectivity index (χ0v) is 22.0. The van der Waals surface area contributed by atoms with Crippen molar-refractivity contribution < 1.29 is 14.3 Å². The maximum atomic E-state index is 13.1. The number of carbonyl (C=O) groups is 2. The van der Waals surface area contributed by atoms with Crippen molar-refractivity contribution in [1.82, 2.24) is 15.6 Å². The number of hydrogen-bond donors (Lipinski definition) is 2. The summed E-state index contributed by atoms with van der Waals surface area (Å²) in [7, 11) is 0. The van der Waals surface area contributed by atoms with E-state index in [0.29, 0.717) is 21.4 Å². The molecule has 2 saturated heterocycles. The quantitative estimate of drug-likeness (QED) is 0.538. The van der Waals surface area contributed by atoms with Gasteiger partial charge in [-0.1, -0.05) is 23.2 Å². The number of amides is 2. The van der Waals surface area contributed by atoms with Gasteiger partial charge in [-0.3, -0.25) is 9.59 Å². The number of halogens is 2. The molecular formula is C26H32Cl2N4O3. The van der Waals surface area contributed by atoms with Gasteiger partial charge >= 0.3 is 0 Å². The van der Waals surface area contributed by atoms with Gasteiger partial charge in [-0.25, -0.2) is 4.98 Å². The van der Waals surface area contributed by atoms with Gasteiger partial charge in [0.2, 0.25) is 0 Å². The van der Waals surface area contributed by atoms with Gasteiger partial charge < -0.3 is 20.3 Å². The molecule has 3 heterocycles. The van der Waals surface area contributed by atoms with Crippen molar-refractivity contribution in [2.45, 2.75) is 83.1 Å². The lowest BCUT2D eigenvalue weighted by Crippen LogP contribution is -2.55. The second-order valence-corrected chi connectivity index (χ2v) is 11.0. The third kappa shape index (κ3) is 5.84. The summed E-state index contributed by atoms with van der Waals surface area (Å²) >= 11 is 12.2. The molecule has 2 N–H and O–H groups in total. The molecule has 1 unspecified atom stereocenters. The summed E-state index contributed by atoms with van der Waals surface area (Å²) in [5.74, 6) is 1.00. The van der Waals surface area contributed by atoms with E-state index < -0.39 is 5.60 Å². The van der Waals surface area contributed by atoms with Gasteiger partial charge in [0.15, 0.2) is 5.60 Å². The van der Waals surface area contributed by atoms with Crippen molar-refractivity contribution in [2.24, 2.45) is 0 Å². The summed E-state index contributed by atoms with van der Waals surface area (Å²) in [4.78, 5) is 32.3. The first-order valence-corrected chi connectivity index (χ1v) is 12.8. The minimum atomic E-state index is -1.10. The molecule has 0 aliphatic carbocycles. The van der Waals surface area contributed by atoms with Crippen molar-refractivity contribution in [3.05, 3.63) is 52.1 Å². The van der Waals surface area contributed by atoms with E-state index >= 15 is 0 Å². The van der Waals surface area contributed by atoms with E-state index in [1.54, 1.807) is 38.2 Å². The van der Waals surface area contributed by atoms with Crippen LogP contribution in [0.4, 0.5) is 5.82 Å². The molecule has 1 aromatic carbocycles. The lowest BCUT2D eigenvalue weighted by Gasteiger charge is -2.40. The molecule has 2 amide bonds. The van der Waals surface area contributed by atoms with Crippen molar-refractivity contribution in [3.63, 3.8) is 0 Å². The van der Waals surface area contributed by atoms with Crippen molar-refractivity contribution in [1.29, 1.82) is 0 Å². The van der Waals surface area contributed by atoms with Gasteiger partial charge in [0.1, 0.15) is 11.6 Å². The average Bonchev–Trinajstić information content (AvgIpc) is 3.05. The Kier molecular flexibility index (Phi) is 7.48. The Morgan fingerprint density at radius 3 is 2.37 bits per heavy atom. The second-order valence-electron chi connectivity index (χ2n) is 10.2. The number of aromatic nitrogens is 1. The fourth-order valence-corrected chi connectivity index (χ4v) is 5.37. The SMILES string of the molecule is CC(C)NC(=O)c1ccc(N2[C@@H]3CC[C@H]2CC(NC(=O)C(C)(C)Oc2ccc(Cl)cc2Cl)C3)nc1. The Bertz CT molecular complexity index is 1080. The number of fused-ring (bicyclic) bond motifs is 2. The number of pyridine rings is 1. The molecule has 2 fully saturated rings. The summed E-state index contributed by atoms with van der Waals surface area (Å²) in [6.45, 7) is 7.33. The van der Waals surface area contributed by atoms with Crippen LogP contribution >= 0.6 is 23.2 Å². The highest BCUT2D eigenvalue weighted by atomic mass is 35.5. The molecule has 35 heavy (non-hydrogen) atoms. The normalized spacial score (nSPS) is 21.7. The maximum Gasteiger partial charge on any atom is 0.263 e. The molecule has 2 aromatic rings. The first-order chi connectivity index (χ1) is 16.5. The average molecular weight is 519 g/mol. The summed E-state index contributed by atoms with van der Waals surface area (Å²) in [6, 6.07) is 9.40. The monoisotopic (exact) mass is 518 g/mol. The van der Waals surface area contributed by atoms with E-state index in [4.69, 9.17) is 27.9 Å². The number of carbonyl (C=O) groups excluding carboxylic acids is 2. The molecule has 2 aliphatic heterocycles. The topological polar surface area (TPSA) is 83.6 Å². The fourth-order valence-electron chi connectivity index (χ4n) is 4.93. The van der Waals surface area contributed by atoms with E-state index in [1.807, 2.05) is 26.0 Å². The second kappa shape index (κ2) is 10.2. The van der Waals surface area contributed by atoms with E-state index in [2.05, 4.69) is 20.5 Å². The first-order valence-electron chi connectivity index (χ1n) is 12.0. The van der Waals surface area contributed by atoms with Crippen LogP contribution in [0.3, 0.4) is 0 Å². The van der Waals surface area contributed by atoms with Gasteiger partial charge in [0, 0.05) is 35.4 Å². The molecule has 7 nitrogen and oxygen atoms in total. The van der Waals surface area contributed by atoms with E-state index in [1.165, 1.54) is 0 Å². The maximum absolute atomic E-state index is 13.1. The zero-order valence-electron chi connectivity index (χ0n) is 20.5. The van der Waals surface area contributed by atoms with E-state index in [9.17, 15) is 9.59 Å². The number of hydrogen-bond acceptors (Lipinski definition) is 5. The van der Waals surface area contributed by atoms with Gasteiger partial charge in [-0.05, 0) is 83.7 Å². The van der Waals surface area contributed by atoms with Gasteiger partial charge in [-0.15, -0.1) is 0 Å². The smallest absolute Gasteiger partial charge is 0.263 e. The number of piperidine rings is 1. The predicted octanol–water partition coefficient (Wildman–Crippen LogP) is 5.00. The predicted molar refractivity (Wildman–Crippen MR) is 138 cm³/mol. The van der Waals surface area contributed by atoms with Crippen LogP contribution in [0.5, 0.6) is 5.75 Å². The van der Waals surface area contributed by atoms with Crippen molar-refractivity contribution >= 4 is 40.8 Å². The van der Waals surface area contributed by atoms with Crippen molar-refractivity contribution in [2.75, 3.05) is 4.90 Å². The molecule has 188 valence electrons. The van der Waals surface area contributed by atoms with Crippen LogP contribution in [0.1, 0.15) is 63.7 Å². The summed E-state index contributed by atoms with van der Waals surface area (Å²) in [5, 5.41) is 6.96. The number of benzene rings is 1. The third-order valence-electron chi connectivity index (χ3n) is 6.57. The van der Waals surface area contributed by atoms with Crippen LogP contribution in [0, 0.1) is 0 Å². The van der Waals surface area contributed by atoms with Crippen LogP contribution in [-0.4, -0.2) is 46.6 Å². The highest BCUT2D eigenvalue weighted by molar-refractivity contribution is 6.35. The van der Waals surface area contributed by atoms with E-state index in [-0.39, 0.29) is 36.0 Å².